The van der Waals surface area contributed by atoms with Crippen molar-refractivity contribution in [2.45, 2.75) is 37.6 Å². The number of aromatic nitrogens is 3. The van der Waals surface area contributed by atoms with Crippen molar-refractivity contribution in [2.24, 2.45) is 0 Å². The molecule has 3 aromatic rings. The van der Waals surface area contributed by atoms with Gasteiger partial charge in [0.2, 0.25) is 0 Å². The van der Waals surface area contributed by atoms with E-state index in [1.54, 1.807) is 0 Å². The number of anilines is 1. The van der Waals surface area contributed by atoms with Crippen molar-refractivity contribution < 1.29 is 0 Å². The van der Waals surface area contributed by atoms with Crippen molar-refractivity contribution in [2.75, 3.05) is 18.4 Å². The van der Waals surface area contributed by atoms with E-state index in [9.17, 15) is 0 Å². The highest BCUT2D eigenvalue weighted by Gasteiger charge is 2.39. The second-order valence-corrected chi connectivity index (χ2v) is 7.59. The third-order valence-electron chi connectivity index (χ3n) is 5.63. The zero-order chi connectivity index (χ0) is 16.9. The number of nitrogens with one attached hydrogen (secondary N) is 2. The van der Waals surface area contributed by atoms with Gasteiger partial charge in [0.05, 0.1) is 17.6 Å². The molecule has 128 valence electrons. The standard InChI is InChI=1S/C20H23N5/c1-20(8-9-20)14-5-6-19-22-12-17(25(19)13-14)16-3-2-4-18(24-16)23-15-7-10-21-11-15/h2-6,12-13,15,21H,7-11H2,1H3,(H,23,24). The van der Waals surface area contributed by atoms with Crippen molar-refractivity contribution in [3.63, 3.8) is 0 Å². The molecule has 1 saturated heterocycles. The first-order chi connectivity index (χ1) is 12.2. The third-order valence-corrected chi connectivity index (χ3v) is 5.63. The van der Waals surface area contributed by atoms with Crippen LogP contribution in [0.25, 0.3) is 17.0 Å². The molecule has 2 aliphatic rings. The zero-order valence-corrected chi connectivity index (χ0v) is 14.5. The first kappa shape index (κ1) is 14.9. The number of fused-ring (bicyclic) bond motifs is 1. The summed E-state index contributed by atoms with van der Waals surface area (Å²) in [6, 6.07) is 11.0. The predicted molar refractivity (Wildman–Crippen MR) is 99.9 cm³/mol. The van der Waals surface area contributed by atoms with Gasteiger partial charge in [-0.2, -0.15) is 0 Å². The van der Waals surface area contributed by atoms with Gasteiger partial charge in [-0.3, -0.25) is 4.40 Å². The van der Waals surface area contributed by atoms with E-state index in [-0.39, 0.29) is 0 Å². The van der Waals surface area contributed by atoms with Crippen LogP contribution in [0.15, 0.2) is 42.7 Å². The number of hydrogen-bond acceptors (Lipinski definition) is 4. The number of pyridine rings is 2. The molecule has 0 radical (unpaired) electrons. The van der Waals surface area contributed by atoms with E-state index in [4.69, 9.17) is 4.98 Å². The van der Waals surface area contributed by atoms with Crippen molar-refractivity contribution in [3.8, 4) is 11.4 Å². The summed E-state index contributed by atoms with van der Waals surface area (Å²) in [6.45, 7) is 4.42. The van der Waals surface area contributed by atoms with Crippen LogP contribution in [0.3, 0.4) is 0 Å². The number of hydrogen-bond donors (Lipinski definition) is 2. The van der Waals surface area contributed by atoms with Crippen LogP contribution >= 0.6 is 0 Å². The Kier molecular flexibility index (Phi) is 3.31. The molecule has 5 rings (SSSR count). The molecular weight excluding hydrogens is 310 g/mol. The summed E-state index contributed by atoms with van der Waals surface area (Å²) in [5.74, 6) is 0.937. The maximum atomic E-state index is 4.84. The molecule has 0 amide bonds. The fourth-order valence-corrected chi connectivity index (χ4v) is 3.65. The smallest absolute Gasteiger partial charge is 0.137 e. The lowest BCUT2D eigenvalue weighted by molar-refractivity contribution is 0.778. The molecule has 1 atom stereocenters. The van der Waals surface area contributed by atoms with E-state index < -0.39 is 0 Å². The highest BCUT2D eigenvalue weighted by Crippen LogP contribution is 2.47. The molecule has 1 aliphatic carbocycles. The number of nitrogens with zero attached hydrogens (tertiary/aromatic N) is 3. The summed E-state index contributed by atoms with van der Waals surface area (Å²) in [5, 5.41) is 6.91. The van der Waals surface area contributed by atoms with Gasteiger partial charge >= 0.3 is 0 Å². The molecular formula is C20H23N5. The molecule has 1 unspecified atom stereocenters. The van der Waals surface area contributed by atoms with Gasteiger partial charge in [0, 0.05) is 18.8 Å². The minimum absolute atomic E-state index is 0.349. The highest BCUT2D eigenvalue weighted by molar-refractivity contribution is 5.62. The van der Waals surface area contributed by atoms with Crippen molar-refractivity contribution in [1.29, 1.82) is 0 Å². The second-order valence-electron chi connectivity index (χ2n) is 7.59. The van der Waals surface area contributed by atoms with Crippen LogP contribution in [-0.4, -0.2) is 33.5 Å². The van der Waals surface area contributed by atoms with Gasteiger partial charge in [-0.25, -0.2) is 9.97 Å². The Morgan fingerprint density at radius 1 is 1.24 bits per heavy atom. The van der Waals surface area contributed by atoms with Crippen LogP contribution in [-0.2, 0) is 5.41 Å². The average Bonchev–Trinajstić information content (AvgIpc) is 3.03. The monoisotopic (exact) mass is 333 g/mol. The molecule has 0 bridgehead atoms. The normalized spacial score (nSPS) is 21.6. The van der Waals surface area contributed by atoms with Gasteiger partial charge < -0.3 is 10.6 Å². The average molecular weight is 333 g/mol. The van der Waals surface area contributed by atoms with E-state index in [0.717, 1.165) is 42.4 Å². The Morgan fingerprint density at radius 3 is 2.96 bits per heavy atom. The van der Waals surface area contributed by atoms with E-state index >= 15 is 0 Å². The summed E-state index contributed by atoms with van der Waals surface area (Å²) < 4.78 is 2.18. The van der Waals surface area contributed by atoms with Crippen LogP contribution in [0.1, 0.15) is 31.7 Å². The molecule has 5 heteroatoms. The van der Waals surface area contributed by atoms with Crippen LogP contribution in [0.2, 0.25) is 0 Å². The molecule has 2 N–H and O–H groups in total. The Morgan fingerprint density at radius 2 is 2.16 bits per heavy atom. The van der Waals surface area contributed by atoms with Gasteiger partial charge in [0.1, 0.15) is 11.5 Å². The topological polar surface area (TPSA) is 54.2 Å². The fraction of sp³-hybridized carbons (Fsp3) is 0.400. The van der Waals surface area contributed by atoms with Gasteiger partial charge in [-0.1, -0.05) is 19.1 Å². The largest absolute Gasteiger partial charge is 0.366 e. The number of rotatable bonds is 4. The summed E-state index contributed by atoms with van der Waals surface area (Å²) in [7, 11) is 0. The molecule has 2 fully saturated rings. The molecule has 1 aliphatic heterocycles. The predicted octanol–water partition coefficient (Wildman–Crippen LogP) is 3.22. The third kappa shape index (κ3) is 2.68. The lowest BCUT2D eigenvalue weighted by Gasteiger charge is -2.13. The second kappa shape index (κ2) is 5.56. The van der Waals surface area contributed by atoms with Crippen molar-refractivity contribution in [3.05, 3.63) is 48.3 Å². The summed E-state index contributed by atoms with van der Waals surface area (Å²) in [5.41, 5.74) is 4.73. The summed E-state index contributed by atoms with van der Waals surface area (Å²) in [6.07, 6.45) is 7.86. The first-order valence-electron chi connectivity index (χ1n) is 9.14. The molecule has 4 heterocycles. The maximum absolute atomic E-state index is 4.84. The summed E-state index contributed by atoms with van der Waals surface area (Å²) >= 11 is 0. The quantitative estimate of drug-likeness (QED) is 0.770. The molecule has 1 saturated carbocycles. The van der Waals surface area contributed by atoms with Crippen molar-refractivity contribution in [1.82, 2.24) is 19.7 Å². The minimum Gasteiger partial charge on any atom is -0.366 e. The van der Waals surface area contributed by atoms with E-state index in [1.165, 1.54) is 18.4 Å². The summed E-state index contributed by atoms with van der Waals surface area (Å²) in [4.78, 5) is 9.40. The van der Waals surface area contributed by atoms with E-state index in [2.05, 4.69) is 57.4 Å². The van der Waals surface area contributed by atoms with Gasteiger partial charge in [0.25, 0.3) is 0 Å². The minimum atomic E-state index is 0.349. The Hall–Kier alpha value is -2.40. The van der Waals surface area contributed by atoms with Crippen LogP contribution in [0, 0.1) is 0 Å². The first-order valence-corrected chi connectivity index (χ1v) is 9.14. The Balaban J connectivity index is 1.52. The Bertz CT molecular complexity index is 919. The fourth-order valence-electron chi connectivity index (χ4n) is 3.65. The lowest BCUT2D eigenvalue weighted by atomic mass is 10.0. The van der Waals surface area contributed by atoms with Gasteiger partial charge in [-0.15, -0.1) is 0 Å². The lowest BCUT2D eigenvalue weighted by Crippen LogP contribution is -2.22. The van der Waals surface area contributed by atoms with Crippen molar-refractivity contribution >= 4 is 11.5 Å². The molecule has 3 aromatic heterocycles. The van der Waals surface area contributed by atoms with E-state index in [1.807, 2.05) is 12.3 Å². The maximum Gasteiger partial charge on any atom is 0.137 e. The molecule has 5 nitrogen and oxygen atoms in total. The van der Waals surface area contributed by atoms with Gasteiger partial charge in [0.15, 0.2) is 0 Å². The number of imidazole rings is 1. The zero-order valence-electron chi connectivity index (χ0n) is 14.5. The molecule has 0 spiro atoms. The van der Waals surface area contributed by atoms with Crippen LogP contribution < -0.4 is 10.6 Å². The highest BCUT2D eigenvalue weighted by atomic mass is 15.1. The SMILES string of the molecule is CC1(c2ccc3ncc(-c4cccc(NC5CCNC5)n4)n3c2)CC1. The van der Waals surface area contributed by atoms with E-state index in [0.29, 0.717) is 11.5 Å². The van der Waals surface area contributed by atoms with Crippen LogP contribution in [0.5, 0.6) is 0 Å². The molecule has 25 heavy (non-hydrogen) atoms. The molecule has 0 aromatic carbocycles. The van der Waals surface area contributed by atoms with Crippen LogP contribution in [0.4, 0.5) is 5.82 Å². The Labute approximate surface area is 147 Å². The van der Waals surface area contributed by atoms with Gasteiger partial charge in [-0.05, 0) is 55.0 Å².